The van der Waals surface area contributed by atoms with E-state index in [1.165, 1.54) is 0 Å². The number of Topliss-reactive ketones (excluding diaryl/α,β-unsaturated/α-hetero) is 1. The number of pyridine rings is 1. The van der Waals surface area contributed by atoms with E-state index in [9.17, 15) is 14.7 Å². The number of hydrogen-bond donors (Lipinski definition) is 2. The molecule has 8 heteroatoms. The second-order valence-corrected chi connectivity index (χ2v) is 7.37. The number of carboxylic acids is 1. The SMILES string of the molecule is COc1ccc2c(c1)CCN(C1=C(C(=O)O)C(=O)C(=Cc3c[nH]c4ncccc34)O1)C2. The molecule has 0 bridgehead atoms. The van der Waals surface area contributed by atoms with E-state index in [4.69, 9.17) is 9.47 Å². The van der Waals surface area contributed by atoms with Crippen LogP contribution in [0.3, 0.4) is 0 Å². The van der Waals surface area contributed by atoms with Crippen molar-refractivity contribution in [2.24, 2.45) is 0 Å². The molecule has 1 aromatic carbocycles. The van der Waals surface area contributed by atoms with E-state index in [1.54, 1.807) is 36.5 Å². The number of nitrogens with zero attached hydrogens (tertiary/aromatic N) is 2. The zero-order chi connectivity index (χ0) is 21.5. The number of carbonyl (C=O) groups is 2. The van der Waals surface area contributed by atoms with Gasteiger partial charge in [-0.05, 0) is 47.9 Å². The van der Waals surface area contributed by atoms with Gasteiger partial charge in [0.1, 0.15) is 11.4 Å². The molecule has 4 heterocycles. The number of aliphatic carboxylic acids is 1. The Labute approximate surface area is 177 Å². The summed E-state index contributed by atoms with van der Waals surface area (Å²) in [5.41, 5.74) is 3.21. The molecule has 0 radical (unpaired) electrons. The Kier molecular flexibility index (Phi) is 4.47. The molecule has 3 aromatic rings. The second-order valence-electron chi connectivity index (χ2n) is 7.37. The largest absolute Gasteiger partial charge is 0.497 e. The highest BCUT2D eigenvalue weighted by Crippen LogP contribution is 2.34. The normalized spacial score (nSPS) is 17.3. The number of H-pyrrole nitrogens is 1. The van der Waals surface area contributed by atoms with Crippen molar-refractivity contribution in [3.63, 3.8) is 0 Å². The van der Waals surface area contributed by atoms with E-state index in [0.717, 1.165) is 22.3 Å². The Bertz CT molecular complexity index is 1290. The van der Waals surface area contributed by atoms with Crippen LogP contribution in [0.2, 0.25) is 0 Å². The Hall–Kier alpha value is -4.07. The monoisotopic (exact) mass is 417 g/mol. The van der Waals surface area contributed by atoms with Gasteiger partial charge >= 0.3 is 5.97 Å². The Morgan fingerprint density at radius 2 is 2.19 bits per heavy atom. The van der Waals surface area contributed by atoms with Crippen LogP contribution in [0.15, 0.2) is 59.9 Å². The van der Waals surface area contributed by atoms with Crippen LogP contribution in [0.1, 0.15) is 16.7 Å². The van der Waals surface area contributed by atoms with Crippen molar-refractivity contribution in [2.45, 2.75) is 13.0 Å². The number of ether oxygens (including phenoxy) is 2. The predicted octanol–water partition coefficient (Wildman–Crippen LogP) is 2.87. The smallest absolute Gasteiger partial charge is 0.345 e. The number of methoxy groups -OCH3 is 1. The minimum atomic E-state index is -1.30. The molecule has 2 N–H and O–H groups in total. The van der Waals surface area contributed by atoms with Crippen LogP contribution in [0.25, 0.3) is 17.1 Å². The van der Waals surface area contributed by atoms with Gasteiger partial charge in [-0.1, -0.05) is 6.07 Å². The summed E-state index contributed by atoms with van der Waals surface area (Å²) >= 11 is 0. The van der Waals surface area contributed by atoms with Crippen LogP contribution in [-0.4, -0.2) is 45.4 Å². The number of benzene rings is 1. The number of rotatable bonds is 4. The molecule has 0 saturated carbocycles. The molecule has 31 heavy (non-hydrogen) atoms. The van der Waals surface area contributed by atoms with Gasteiger partial charge in [0, 0.05) is 36.4 Å². The van der Waals surface area contributed by atoms with Gasteiger partial charge in [-0.15, -0.1) is 0 Å². The summed E-state index contributed by atoms with van der Waals surface area (Å²) in [5.74, 6) is -1.09. The van der Waals surface area contributed by atoms with Crippen LogP contribution < -0.4 is 4.74 Å². The molecule has 8 nitrogen and oxygen atoms in total. The third-order valence-electron chi connectivity index (χ3n) is 5.57. The fourth-order valence-corrected chi connectivity index (χ4v) is 4.00. The van der Waals surface area contributed by atoms with E-state index in [2.05, 4.69) is 9.97 Å². The maximum Gasteiger partial charge on any atom is 0.345 e. The summed E-state index contributed by atoms with van der Waals surface area (Å²) in [6, 6.07) is 9.46. The van der Waals surface area contributed by atoms with Crippen LogP contribution in [0.4, 0.5) is 0 Å². The number of hydrogen-bond acceptors (Lipinski definition) is 6. The maximum atomic E-state index is 12.9. The van der Waals surface area contributed by atoms with E-state index < -0.39 is 11.8 Å². The first-order chi connectivity index (χ1) is 15.0. The van der Waals surface area contributed by atoms with Crippen molar-refractivity contribution in [3.8, 4) is 5.75 Å². The number of carboxylic acid groups (broad SMARTS) is 1. The molecule has 0 fully saturated rings. The number of nitrogens with one attached hydrogen (secondary N) is 1. The van der Waals surface area contributed by atoms with Crippen molar-refractivity contribution < 1.29 is 24.2 Å². The maximum absolute atomic E-state index is 12.9. The number of ketones is 1. The molecular formula is C23H19N3O5. The summed E-state index contributed by atoms with van der Waals surface area (Å²) < 4.78 is 11.1. The molecule has 2 aromatic heterocycles. The number of aromatic amines is 1. The Morgan fingerprint density at radius 1 is 1.32 bits per heavy atom. The quantitative estimate of drug-likeness (QED) is 0.497. The second kappa shape index (κ2) is 7.32. The van der Waals surface area contributed by atoms with Gasteiger partial charge in [0.05, 0.1) is 7.11 Å². The summed E-state index contributed by atoms with van der Waals surface area (Å²) in [6.45, 7) is 0.979. The van der Waals surface area contributed by atoms with Crippen LogP contribution >= 0.6 is 0 Å². The van der Waals surface area contributed by atoms with Crippen LogP contribution in [0.5, 0.6) is 5.75 Å². The van der Waals surface area contributed by atoms with Gasteiger partial charge in [0.25, 0.3) is 0 Å². The number of allylic oxidation sites excluding steroid dienone is 1. The Balaban J connectivity index is 1.48. The number of carbonyl (C=O) groups excluding carboxylic acids is 1. The molecule has 5 rings (SSSR count). The average molecular weight is 417 g/mol. The molecule has 156 valence electrons. The first-order valence-electron chi connectivity index (χ1n) is 9.80. The van der Waals surface area contributed by atoms with E-state index in [1.807, 2.05) is 24.3 Å². The van der Waals surface area contributed by atoms with E-state index >= 15 is 0 Å². The molecule has 2 aliphatic rings. The number of aromatic nitrogens is 2. The lowest BCUT2D eigenvalue weighted by atomic mass is 9.99. The fourth-order valence-electron chi connectivity index (χ4n) is 4.00. The minimum Gasteiger partial charge on any atom is -0.497 e. The summed E-state index contributed by atoms with van der Waals surface area (Å²) in [4.78, 5) is 33.9. The summed E-state index contributed by atoms with van der Waals surface area (Å²) in [5, 5.41) is 10.5. The molecule has 2 aliphatic heterocycles. The topological polar surface area (TPSA) is 105 Å². The Morgan fingerprint density at radius 3 is 3.00 bits per heavy atom. The molecule has 0 spiro atoms. The summed E-state index contributed by atoms with van der Waals surface area (Å²) in [7, 11) is 1.62. The molecular weight excluding hydrogens is 398 g/mol. The molecule has 0 atom stereocenters. The van der Waals surface area contributed by atoms with Gasteiger partial charge in [0.15, 0.2) is 11.3 Å². The van der Waals surface area contributed by atoms with Crippen molar-refractivity contribution in [1.29, 1.82) is 0 Å². The molecule has 0 aliphatic carbocycles. The van der Waals surface area contributed by atoms with Crippen LogP contribution in [-0.2, 0) is 27.3 Å². The van der Waals surface area contributed by atoms with Crippen LogP contribution in [0, 0.1) is 0 Å². The fraction of sp³-hybridized carbons (Fsp3) is 0.174. The zero-order valence-electron chi connectivity index (χ0n) is 16.7. The molecule has 0 amide bonds. The number of fused-ring (bicyclic) bond motifs is 2. The van der Waals surface area contributed by atoms with Gasteiger partial charge in [-0.25, -0.2) is 9.78 Å². The highest BCUT2D eigenvalue weighted by Gasteiger charge is 2.39. The molecule has 0 unspecified atom stereocenters. The lowest BCUT2D eigenvalue weighted by molar-refractivity contribution is -0.134. The third-order valence-corrected chi connectivity index (χ3v) is 5.57. The zero-order valence-corrected chi connectivity index (χ0v) is 16.7. The van der Waals surface area contributed by atoms with Crippen molar-refractivity contribution in [2.75, 3.05) is 13.7 Å². The van der Waals surface area contributed by atoms with Crippen molar-refractivity contribution >= 4 is 28.9 Å². The van der Waals surface area contributed by atoms with Gasteiger partial charge in [-0.3, -0.25) is 4.79 Å². The van der Waals surface area contributed by atoms with Gasteiger partial charge in [-0.2, -0.15) is 0 Å². The van der Waals surface area contributed by atoms with Crippen molar-refractivity contribution in [1.82, 2.24) is 14.9 Å². The summed E-state index contributed by atoms with van der Waals surface area (Å²) in [6.07, 6.45) is 5.62. The first-order valence-corrected chi connectivity index (χ1v) is 9.80. The van der Waals surface area contributed by atoms with E-state index in [0.29, 0.717) is 30.7 Å². The lowest BCUT2D eigenvalue weighted by Crippen LogP contribution is -2.31. The lowest BCUT2D eigenvalue weighted by Gasteiger charge is -2.30. The van der Waals surface area contributed by atoms with Gasteiger partial charge in [0.2, 0.25) is 11.7 Å². The van der Waals surface area contributed by atoms with Crippen molar-refractivity contribution in [3.05, 3.63) is 76.6 Å². The highest BCUT2D eigenvalue weighted by atomic mass is 16.5. The van der Waals surface area contributed by atoms with Gasteiger partial charge < -0.3 is 24.5 Å². The minimum absolute atomic E-state index is 0.0160. The predicted molar refractivity (Wildman–Crippen MR) is 112 cm³/mol. The highest BCUT2D eigenvalue weighted by molar-refractivity contribution is 6.26. The standard InChI is InChI=1S/C23H19N3O5/c1-30-16-5-4-14-12-26(8-6-13(14)9-16)22-19(23(28)29)20(27)18(31-22)10-15-11-25-21-17(15)3-2-7-24-21/h2-5,7,9-11H,6,8,12H2,1H3,(H,24,25)(H,28,29). The van der Waals surface area contributed by atoms with E-state index in [-0.39, 0.29) is 17.2 Å². The third kappa shape index (κ3) is 3.22. The average Bonchev–Trinajstić information content (AvgIpc) is 3.34. The molecule has 0 saturated heterocycles. The first kappa shape index (κ1) is 18.9.